The summed E-state index contributed by atoms with van der Waals surface area (Å²) in [6.45, 7) is 0. The minimum absolute atomic E-state index is 1.01. The molecule has 42 valence electrons. The number of hydrogen-bond acceptors (Lipinski definition) is 1. The van der Waals surface area contributed by atoms with E-state index in [0.717, 1.165) is 9.36 Å². The van der Waals surface area contributed by atoms with Crippen molar-refractivity contribution in [3.8, 4) is 0 Å². The van der Waals surface area contributed by atoms with Crippen molar-refractivity contribution >= 4 is 33.1 Å². The first-order chi connectivity index (χ1) is 3.80. The molecule has 0 nitrogen and oxygen atoms in total. The van der Waals surface area contributed by atoms with Gasteiger partial charge in [-0.25, -0.2) is 0 Å². The summed E-state index contributed by atoms with van der Waals surface area (Å²) in [4.78, 5) is 1.01. The molecule has 1 rings (SSSR count). The van der Waals surface area contributed by atoms with Crippen LogP contribution < -0.4 is 4.46 Å². The Hall–Kier alpha value is 0.0895. The topological polar surface area (TPSA) is 0 Å². The van der Waals surface area contributed by atoms with Crippen molar-refractivity contribution in [2.24, 2.45) is 0 Å². The molecule has 0 radical (unpaired) electrons. The van der Waals surface area contributed by atoms with Crippen LogP contribution in [0.3, 0.4) is 0 Å². The molecule has 0 atom stereocenters. The molecule has 0 saturated carbocycles. The standard InChI is InChI=1S/C6H6SSe/c7-5-3-1-2-4-6(5)8/h1-4,7-8H/p-1. The van der Waals surface area contributed by atoms with E-state index in [4.69, 9.17) is 0 Å². The zero-order valence-electron chi connectivity index (χ0n) is 4.16. The quantitative estimate of drug-likeness (QED) is 0.451. The van der Waals surface area contributed by atoms with Crippen molar-refractivity contribution in [3.63, 3.8) is 0 Å². The predicted molar refractivity (Wildman–Crippen MR) is 39.1 cm³/mol. The Morgan fingerprint density at radius 1 is 1.25 bits per heavy atom. The van der Waals surface area contributed by atoms with E-state index in [2.05, 4.69) is 28.6 Å². The van der Waals surface area contributed by atoms with Gasteiger partial charge in [-0.3, -0.25) is 0 Å². The second-order valence-electron chi connectivity index (χ2n) is 1.47. The second kappa shape index (κ2) is 2.58. The summed E-state index contributed by atoms with van der Waals surface area (Å²) in [7, 11) is 0. The fourth-order valence-corrected chi connectivity index (χ4v) is 0.925. The van der Waals surface area contributed by atoms with Gasteiger partial charge in [-0.2, -0.15) is 0 Å². The maximum atomic E-state index is 4.17. The molecule has 0 aromatic heterocycles. The van der Waals surface area contributed by atoms with E-state index in [0.29, 0.717) is 0 Å². The average molecular weight is 188 g/mol. The molecule has 1 aromatic carbocycles. The molecule has 0 saturated heterocycles. The van der Waals surface area contributed by atoms with Crippen LogP contribution >= 0.6 is 12.6 Å². The Bertz CT molecular complexity index is 165. The Labute approximate surface area is 62.5 Å². The Balaban J connectivity index is 3.13. The van der Waals surface area contributed by atoms with Gasteiger partial charge in [-0.1, -0.05) is 0 Å². The summed E-state index contributed by atoms with van der Waals surface area (Å²) in [6.07, 6.45) is 0. The van der Waals surface area contributed by atoms with E-state index in [1.165, 1.54) is 0 Å². The fourth-order valence-electron chi connectivity index (χ4n) is 0.457. The van der Waals surface area contributed by atoms with Crippen molar-refractivity contribution in [2.75, 3.05) is 0 Å². The van der Waals surface area contributed by atoms with Crippen LogP contribution in [0.2, 0.25) is 0 Å². The maximum absolute atomic E-state index is 4.17. The van der Waals surface area contributed by atoms with Gasteiger partial charge in [0.2, 0.25) is 0 Å². The van der Waals surface area contributed by atoms with E-state index >= 15 is 0 Å². The molecule has 2 heteroatoms. The molecule has 1 aromatic rings. The van der Waals surface area contributed by atoms with Crippen LogP contribution in [0, 0.1) is 0 Å². The molecule has 0 amide bonds. The summed E-state index contributed by atoms with van der Waals surface area (Å²) in [6, 6.07) is 7.88. The third kappa shape index (κ3) is 1.28. The molecule has 0 aliphatic rings. The molecule has 0 heterocycles. The van der Waals surface area contributed by atoms with E-state index in [-0.39, 0.29) is 0 Å². The third-order valence-corrected chi connectivity index (χ3v) is 2.34. The first-order valence-electron chi connectivity index (χ1n) is 2.26. The monoisotopic (exact) mass is 189 g/mol. The zero-order valence-corrected chi connectivity index (χ0v) is 6.77. The summed E-state index contributed by atoms with van der Waals surface area (Å²) in [5.41, 5.74) is 0. The van der Waals surface area contributed by atoms with Gasteiger partial charge in [0, 0.05) is 0 Å². The van der Waals surface area contributed by atoms with Gasteiger partial charge in [0.05, 0.1) is 0 Å². The third-order valence-electron chi connectivity index (χ3n) is 0.865. The first kappa shape index (κ1) is 6.21. The summed E-state index contributed by atoms with van der Waals surface area (Å²) >= 11 is 7.06. The van der Waals surface area contributed by atoms with Crippen LogP contribution in [-0.2, 0) is 0 Å². The van der Waals surface area contributed by atoms with Crippen molar-refractivity contribution in [2.45, 2.75) is 4.90 Å². The van der Waals surface area contributed by atoms with Crippen LogP contribution in [0.5, 0.6) is 0 Å². The zero-order chi connectivity index (χ0) is 5.98. The fraction of sp³-hybridized carbons (Fsp3) is 0. The van der Waals surface area contributed by atoms with Crippen LogP contribution in [0.15, 0.2) is 29.2 Å². The van der Waals surface area contributed by atoms with Crippen LogP contribution in [0.1, 0.15) is 0 Å². The summed E-state index contributed by atoms with van der Waals surface area (Å²) in [5, 5.41) is 0. The molecule has 0 aliphatic carbocycles. The number of hydrogen-bond donors (Lipinski definition) is 1. The normalized spacial score (nSPS) is 9.12. The molecule has 0 fully saturated rings. The Morgan fingerprint density at radius 2 is 1.88 bits per heavy atom. The molecule has 0 aliphatic heterocycles. The number of benzene rings is 1. The minimum atomic E-state index is 1.01. The molecule has 8 heavy (non-hydrogen) atoms. The molecule has 0 spiro atoms. The van der Waals surface area contributed by atoms with Crippen LogP contribution in [0.25, 0.3) is 0 Å². The van der Waals surface area contributed by atoms with Gasteiger partial charge >= 0.3 is 62.3 Å². The van der Waals surface area contributed by atoms with E-state index in [1.807, 2.05) is 24.3 Å². The molecule has 0 unspecified atom stereocenters. The van der Waals surface area contributed by atoms with E-state index in [9.17, 15) is 0 Å². The van der Waals surface area contributed by atoms with Gasteiger partial charge in [-0.15, -0.1) is 0 Å². The van der Waals surface area contributed by atoms with Gasteiger partial charge in [-0.05, 0) is 0 Å². The predicted octanol–water partition coefficient (Wildman–Crippen LogP) is 0.769. The molecule has 0 bridgehead atoms. The van der Waals surface area contributed by atoms with Crippen molar-refractivity contribution in [3.05, 3.63) is 24.3 Å². The summed E-state index contributed by atoms with van der Waals surface area (Å²) in [5.74, 6) is 0. The van der Waals surface area contributed by atoms with Crippen LogP contribution in [0.4, 0.5) is 0 Å². The average Bonchev–Trinajstić information content (AvgIpc) is 1.77. The molecular weight excluding hydrogens is 183 g/mol. The van der Waals surface area contributed by atoms with Crippen LogP contribution in [-0.4, -0.2) is 16.0 Å². The van der Waals surface area contributed by atoms with Gasteiger partial charge in [0.25, 0.3) is 0 Å². The van der Waals surface area contributed by atoms with Gasteiger partial charge < -0.3 is 0 Å². The number of thiol groups is 1. The van der Waals surface area contributed by atoms with Gasteiger partial charge in [0.1, 0.15) is 0 Å². The van der Waals surface area contributed by atoms with Crippen molar-refractivity contribution in [1.29, 1.82) is 0 Å². The summed E-state index contributed by atoms with van der Waals surface area (Å²) < 4.78 is 1.11. The Kier molecular flexibility index (Phi) is 2.01. The van der Waals surface area contributed by atoms with E-state index in [1.54, 1.807) is 0 Å². The van der Waals surface area contributed by atoms with Crippen molar-refractivity contribution < 1.29 is 0 Å². The Morgan fingerprint density at radius 3 is 2.25 bits per heavy atom. The molecule has 0 N–H and O–H groups in total. The van der Waals surface area contributed by atoms with E-state index < -0.39 is 0 Å². The number of rotatable bonds is 0. The second-order valence-corrected chi connectivity index (χ2v) is 2.87. The van der Waals surface area contributed by atoms with Gasteiger partial charge in [0.15, 0.2) is 0 Å². The molecular formula is C6H5SSe-. The SMILES string of the molecule is Sc1ccccc1[Se-]. The first-order valence-corrected chi connectivity index (χ1v) is 3.56. The van der Waals surface area contributed by atoms with Crippen molar-refractivity contribution in [1.82, 2.24) is 0 Å².